The Bertz CT molecular complexity index is 476. The highest BCUT2D eigenvalue weighted by atomic mass is 19.1. The van der Waals surface area contributed by atoms with Gasteiger partial charge in [0.05, 0.1) is 11.6 Å². The summed E-state index contributed by atoms with van der Waals surface area (Å²) in [5.41, 5.74) is -0.0336. The number of nitrogens with zero attached hydrogens (tertiary/aromatic N) is 1. The second-order valence-electron chi connectivity index (χ2n) is 5.51. The molecule has 0 aliphatic rings. The SMILES string of the molecule is CCCCN(C(C)CC)C(C)C(=O)c1ccc(F)cc1F. The molecule has 0 amide bonds. The highest BCUT2D eigenvalue weighted by Gasteiger charge is 2.27. The summed E-state index contributed by atoms with van der Waals surface area (Å²) < 4.78 is 26.7. The summed E-state index contributed by atoms with van der Waals surface area (Å²) in [5.74, 6) is -1.74. The molecule has 0 aromatic heterocycles. The van der Waals surface area contributed by atoms with E-state index in [0.29, 0.717) is 0 Å². The van der Waals surface area contributed by atoms with E-state index in [0.717, 1.165) is 37.9 Å². The van der Waals surface area contributed by atoms with Gasteiger partial charge in [-0.1, -0.05) is 20.3 Å². The molecule has 0 heterocycles. The van der Waals surface area contributed by atoms with E-state index in [2.05, 4.69) is 25.7 Å². The Hall–Kier alpha value is -1.29. The number of benzene rings is 1. The minimum atomic E-state index is -0.786. The number of hydrogen-bond donors (Lipinski definition) is 0. The molecule has 0 aliphatic carbocycles. The number of carbonyl (C=O) groups is 1. The molecule has 0 aliphatic heterocycles. The lowest BCUT2D eigenvalue weighted by atomic mass is 10.0. The van der Waals surface area contributed by atoms with Gasteiger partial charge in [-0.3, -0.25) is 9.69 Å². The van der Waals surface area contributed by atoms with Crippen LogP contribution in [0.1, 0.15) is 57.3 Å². The van der Waals surface area contributed by atoms with Gasteiger partial charge < -0.3 is 0 Å². The molecular weight excluding hydrogens is 272 g/mol. The first-order chi connectivity index (χ1) is 9.92. The highest BCUT2D eigenvalue weighted by Crippen LogP contribution is 2.18. The molecule has 21 heavy (non-hydrogen) atoms. The predicted octanol–water partition coefficient (Wildman–Crippen LogP) is 4.44. The fourth-order valence-corrected chi connectivity index (χ4v) is 2.44. The Balaban J connectivity index is 2.96. The Morgan fingerprint density at radius 2 is 1.90 bits per heavy atom. The van der Waals surface area contributed by atoms with Crippen LogP contribution in [0.3, 0.4) is 0 Å². The molecule has 4 heteroatoms. The number of halogens is 2. The van der Waals surface area contributed by atoms with Crippen LogP contribution in [0.5, 0.6) is 0 Å². The van der Waals surface area contributed by atoms with Crippen LogP contribution in [0, 0.1) is 11.6 Å². The van der Waals surface area contributed by atoms with Crippen molar-refractivity contribution in [2.24, 2.45) is 0 Å². The zero-order chi connectivity index (χ0) is 16.0. The van der Waals surface area contributed by atoms with Crippen LogP contribution in [0.15, 0.2) is 18.2 Å². The topological polar surface area (TPSA) is 20.3 Å². The smallest absolute Gasteiger partial charge is 0.182 e. The molecule has 1 rings (SSSR count). The van der Waals surface area contributed by atoms with Crippen molar-refractivity contribution in [2.45, 2.75) is 59.0 Å². The maximum Gasteiger partial charge on any atom is 0.182 e. The first kappa shape index (κ1) is 17.8. The first-order valence-corrected chi connectivity index (χ1v) is 7.67. The van der Waals surface area contributed by atoms with Gasteiger partial charge in [0.1, 0.15) is 11.6 Å². The number of carbonyl (C=O) groups excluding carboxylic acids is 1. The van der Waals surface area contributed by atoms with E-state index in [1.165, 1.54) is 6.07 Å². The van der Waals surface area contributed by atoms with Crippen LogP contribution in [-0.4, -0.2) is 29.3 Å². The Morgan fingerprint density at radius 1 is 1.24 bits per heavy atom. The average Bonchev–Trinajstić information content (AvgIpc) is 2.46. The molecule has 1 aromatic rings. The van der Waals surface area contributed by atoms with E-state index in [4.69, 9.17) is 0 Å². The van der Waals surface area contributed by atoms with Gasteiger partial charge in [0.25, 0.3) is 0 Å². The lowest BCUT2D eigenvalue weighted by molar-refractivity contribution is 0.0762. The molecule has 0 saturated heterocycles. The van der Waals surface area contributed by atoms with Crippen molar-refractivity contribution in [2.75, 3.05) is 6.54 Å². The van der Waals surface area contributed by atoms with E-state index in [1.807, 2.05) is 0 Å². The number of rotatable bonds is 8. The summed E-state index contributed by atoms with van der Waals surface area (Å²) in [6.07, 6.45) is 2.96. The van der Waals surface area contributed by atoms with Crippen LogP contribution >= 0.6 is 0 Å². The summed E-state index contributed by atoms with van der Waals surface area (Å²) in [4.78, 5) is 14.6. The van der Waals surface area contributed by atoms with Gasteiger partial charge in [0.15, 0.2) is 5.78 Å². The van der Waals surface area contributed by atoms with Crippen LogP contribution in [0.2, 0.25) is 0 Å². The Morgan fingerprint density at radius 3 is 2.43 bits per heavy atom. The third kappa shape index (κ3) is 4.60. The van der Waals surface area contributed by atoms with E-state index in [9.17, 15) is 13.6 Å². The van der Waals surface area contributed by atoms with Gasteiger partial charge in [-0.05, 0) is 45.4 Å². The number of ketones is 1. The number of unbranched alkanes of at least 4 members (excludes halogenated alkanes) is 1. The first-order valence-electron chi connectivity index (χ1n) is 7.67. The molecule has 0 bridgehead atoms. The third-order valence-corrected chi connectivity index (χ3v) is 4.00. The summed E-state index contributed by atoms with van der Waals surface area (Å²) in [6.45, 7) is 8.84. The monoisotopic (exact) mass is 297 g/mol. The molecule has 2 unspecified atom stereocenters. The third-order valence-electron chi connectivity index (χ3n) is 4.00. The minimum absolute atomic E-state index is 0.0336. The Labute approximate surface area is 126 Å². The van der Waals surface area contributed by atoms with Crippen LogP contribution < -0.4 is 0 Å². The molecule has 118 valence electrons. The van der Waals surface area contributed by atoms with Crippen LogP contribution in [0.25, 0.3) is 0 Å². The van der Waals surface area contributed by atoms with Gasteiger partial charge in [-0.25, -0.2) is 8.78 Å². The molecule has 0 fully saturated rings. The second kappa shape index (κ2) is 8.23. The standard InChI is InChI=1S/C17H25F2NO/c1-5-7-10-20(12(3)6-2)13(4)17(21)15-9-8-14(18)11-16(15)19/h8-9,11-13H,5-7,10H2,1-4H3. The van der Waals surface area contributed by atoms with Crippen molar-refractivity contribution in [3.8, 4) is 0 Å². The molecule has 2 nitrogen and oxygen atoms in total. The van der Waals surface area contributed by atoms with Crippen molar-refractivity contribution < 1.29 is 13.6 Å². The van der Waals surface area contributed by atoms with E-state index >= 15 is 0 Å². The normalized spacial score (nSPS) is 14.2. The largest absolute Gasteiger partial charge is 0.292 e. The van der Waals surface area contributed by atoms with Crippen molar-refractivity contribution >= 4 is 5.78 Å². The maximum absolute atomic E-state index is 13.8. The predicted molar refractivity (Wildman–Crippen MR) is 81.5 cm³/mol. The summed E-state index contributed by atoms with van der Waals surface area (Å²) in [6, 6.07) is 2.96. The molecule has 0 radical (unpaired) electrons. The molecule has 0 spiro atoms. The zero-order valence-electron chi connectivity index (χ0n) is 13.3. The van der Waals surface area contributed by atoms with Gasteiger partial charge >= 0.3 is 0 Å². The van der Waals surface area contributed by atoms with Gasteiger partial charge in [-0.2, -0.15) is 0 Å². The number of hydrogen-bond acceptors (Lipinski definition) is 2. The minimum Gasteiger partial charge on any atom is -0.292 e. The van der Waals surface area contributed by atoms with Crippen LogP contribution in [-0.2, 0) is 0 Å². The zero-order valence-corrected chi connectivity index (χ0v) is 13.3. The van der Waals surface area contributed by atoms with E-state index < -0.39 is 17.7 Å². The molecule has 1 aromatic carbocycles. The molecule has 0 saturated carbocycles. The fourth-order valence-electron chi connectivity index (χ4n) is 2.44. The maximum atomic E-state index is 13.8. The van der Waals surface area contributed by atoms with Crippen molar-refractivity contribution in [3.05, 3.63) is 35.4 Å². The van der Waals surface area contributed by atoms with Crippen molar-refractivity contribution in [3.63, 3.8) is 0 Å². The van der Waals surface area contributed by atoms with E-state index in [1.54, 1.807) is 6.92 Å². The second-order valence-corrected chi connectivity index (χ2v) is 5.51. The summed E-state index contributed by atoms with van der Waals surface area (Å²) >= 11 is 0. The molecule has 2 atom stereocenters. The fraction of sp³-hybridized carbons (Fsp3) is 0.588. The number of Topliss-reactive ketones (excluding diaryl/α,β-unsaturated/α-hetero) is 1. The van der Waals surface area contributed by atoms with Crippen molar-refractivity contribution in [1.29, 1.82) is 0 Å². The highest BCUT2D eigenvalue weighted by molar-refractivity contribution is 6.00. The quantitative estimate of drug-likeness (QED) is 0.661. The Kier molecular flexibility index (Phi) is 6.96. The lowest BCUT2D eigenvalue weighted by Gasteiger charge is -2.33. The summed E-state index contributed by atoms with van der Waals surface area (Å²) in [7, 11) is 0. The molecule has 0 N–H and O–H groups in total. The van der Waals surface area contributed by atoms with Crippen molar-refractivity contribution in [1.82, 2.24) is 4.90 Å². The van der Waals surface area contributed by atoms with Crippen LogP contribution in [0.4, 0.5) is 8.78 Å². The average molecular weight is 297 g/mol. The van der Waals surface area contributed by atoms with Gasteiger partial charge in [-0.15, -0.1) is 0 Å². The molecular formula is C17H25F2NO. The lowest BCUT2D eigenvalue weighted by Crippen LogP contribution is -2.45. The van der Waals surface area contributed by atoms with Gasteiger partial charge in [0, 0.05) is 12.1 Å². The summed E-state index contributed by atoms with van der Waals surface area (Å²) in [5, 5.41) is 0. The van der Waals surface area contributed by atoms with E-state index in [-0.39, 0.29) is 17.4 Å². The van der Waals surface area contributed by atoms with Gasteiger partial charge in [0.2, 0.25) is 0 Å².